The molecule has 0 saturated heterocycles. The van der Waals surface area contributed by atoms with E-state index >= 15 is 0 Å². The molecule has 9 nitrogen and oxygen atoms in total. The van der Waals surface area contributed by atoms with E-state index in [9.17, 15) is 9.59 Å². The second kappa shape index (κ2) is 6.60. The summed E-state index contributed by atoms with van der Waals surface area (Å²) in [5, 5.41) is 16.1. The minimum absolute atomic E-state index is 0.189. The van der Waals surface area contributed by atoms with Crippen molar-refractivity contribution >= 4 is 33.5 Å². The van der Waals surface area contributed by atoms with Crippen LogP contribution in [0.2, 0.25) is 0 Å². The van der Waals surface area contributed by atoms with Gasteiger partial charge in [-0.25, -0.2) is 14.3 Å². The lowest BCUT2D eigenvalue weighted by Gasteiger charge is -2.08. The van der Waals surface area contributed by atoms with Crippen molar-refractivity contribution in [1.29, 1.82) is 0 Å². The number of anilines is 1. The molecule has 0 atom stereocenters. The van der Waals surface area contributed by atoms with Crippen LogP contribution in [0, 0.1) is 0 Å². The van der Waals surface area contributed by atoms with Gasteiger partial charge in [-0.15, -0.1) is 5.10 Å². The molecule has 0 saturated carbocycles. The SMILES string of the molecule is CC(C)n1ncc2cc(NC(=O)Cn3nnc4ccccc4c3=O)cnc21. The first-order valence-electron chi connectivity index (χ1n) is 8.48. The first kappa shape index (κ1) is 16.8. The first-order valence-corrected chi connectivity index (χ1v) is 8.48. The fourth-order valence-corrected chi connectivity index (χ4v) is 2.85. The summed E-state index contributed by atoms with van der Waals surface area (Å²) in [5.41, 5.74) is 1.41. The largest absolute Gasteiger partial charge is 0.323 e. The molecule has 1 N–H and O–H groups in total. The van der Waals surface area contributed by atoms with Gasteiger partial charge in [0.15, 0.2) is 5.65 Å². The second-order valence-corrected chi connectivity index (χ2v) is 6.44. The lowest BCUT2D eigenvalue weighted by atomic mass is 10.2. The smallest absolute Gasteiger partial charge is 0.278 e. The highest BCUT2D eigenvalue weighted by molar-refractivity contribution is 5.92. The third kappa shape index (κ3) is 3.14. The van der Waals surface area contributed by atoms with Crippen molar-refractivity contribution in [2.75, 3.05) is 5.32 Å². The van der Waals surface area contributed by atoms with Gasteiger partial charge in [0.1, 0.15) is 12.1 Å². The summed E-state index contributed by atoms with van der Waals surface area (Å²) < 4.78 is 2.85. The Hall–Kier alpha value is -3.62. The van der Waals surface area contributed by atoms with Gasteiger partial charge in [-0.05, 0) is 32.0 Å². The van der Waals surface area contributed by atoms with Crippen molar-refractivity contribution in [1.82, 2.24) is 29.8 Å². The Balaban J connectivity index is 1.55. The molecule has 4 rings (SSSR count). The third-order valence-corrected chi connectivity index (χ3v) is 4.13. The Bertz CT molecular complexity index is 1210. The molecule has 136 valence electrons. The molecule has 0 spiro atoms. The van der Waals surface area contributed by atoms with Crippen LogP contribution in [0.5, 0.6) is 0 Å². The Kier molecular flexibility index (Phi) is 4.11. The first-order chi connectivity index (χ1) is 13.0. The van der Waals surface area contributed by atoms with Crippen molar-refractivity contribution in [3.8, 4) is 0 Å². The number of pyridine rings is 1. The predicted octanol–water partition coefficient (Wildman–Crippen LogP) is 1.76. The highest BCUT2D eigenvalue weighted by Gasteiger charge is 2.12. The number of carbonyl (C=O) groups is 1. The fourth-order valence-electron chi connectivity index (χ4n) is 2.85. The Morgan fingerprint density at radius 3 is 2.85 bits per heavy atom. The average Bonchev–Trinajstić information content (AvgIpc) is 3.08. The maximum absolute atomic E-state index is 12.4. The van der Waals surface area contributed by atoms with Gasteiger partial charge >= 0.3 is 0 Å². The van der Waals surface area contributed by atoms with Crippen LogP contribution in [-0.2, 0) is 11.3 Å². The summed E-state index contributed by atoms with van der Waals surface area (Å²) in [4.78, 5) is 29.1. The zero-order valence-corrected chi connectivity index (χ0v) is 14.8. The van der Waals surface area contributed by atoms with Crippen LogP contribution in [0.4, 0.5) is 5.69 Å². The minimum Gasteiger partial charge on any atom is -0.323 e. The van der Waals surface area contributed by atoms with E-state index in [1.807, 2.05) is 18.5 Å². The number of carbonyl (C=O) groups excluding carboxylic acids is 1. The van der Waals surface area contributed by atoms with Gasteiger partial charge in [0.05, 0.1) is 23.5 Å². The van der Waals surface area contributed by atoms with Crippen LogP contribution < -0.4 is 10.9 Å². The number of nitrogens with zero attached hydrogens (tertiary/aromatic N) is 6. The molecular formula is C18H17N7O2. The molecular weight excluding hydrogens is 346 g/mol. The van der Waals surface area contributed by atoms with Crippen molar-refractivity contribution in [2.45, 2.75) is 26.4 Å². The number of hydrogen-bond donors (Lipinski definition) is 1. The van der Waals surface area contributed by atoms with E-state index in [4.69, 9.17) is 0 Å². The van der Waals surface area contributed by atoms with Crippen LogP contribution in [0.15, 0.2) is 47.5 Å². The Morgan fingerprint density at radius 1 is 1.22 bits per heavy atom. The standard InChI is InChI=1S/C18H17N7O2/c1-11(2)25-17-12(8-20-25)7-13(9-19-17)21-16(26)10-24-18(27)14-5-3-4-6-15(14)22-23-24/h3-9,11H,10H2,1-2H3,(H,21,26). The van der Waals surface area contributed by atoms with E-state index in [0.29, 0.717) is 16.6 Å². The van der Waals surface area contributed by atoms with Crippen LogP contribution in [0.25, 0.3) is 21.9 Å². The number of benzene rings is 1. The number of aromatic nitrogens is 6. The minimum atomic E-state index is -0.390. The quantitative estimate of drug-likeness (QED) is 0.592. The normalized spacial score (nSPS) is 11.4. The molecule has 4 aromatic rings. The van der Waals surface area contributed by atoms with Crippen LogP contribution >= 0.6 is 0 Å². The molecule has 0 aliphatic heterocycles. The molecule has 0 fully saturated rings. The Morgan fingerprint density at radius 2 is 2.04 bits per heavy atom. The predicted molar refractivity (Wildman–Crippen MR) is 100 cm³/mol. The Labute approximate surface area is 153 Å². The number of fused-ring (bicyclic) bond motifs is 2. The van der Waals surface area contributed by atoms with Crippen molar-refractivity contribution in [3.05, 3.63) is 53.1 Å². The highest BCUT2D eigenvalue weighted by Crippen LogP contribution is 2.19. The maximum Gasteiger partial charge on any atom is 0.278 e. The molecule has 9 heteroatoms. The molecule has 3 aromatic heterocycles. The summed E-state index contributed by atoms with van der Waals surface area (Å²) in [5.74, 6) is -0.390. The zero-order valence-electron chi connectivity index (χ0n) is 14.8. The lowest BCUT2D eigenvalue weighted by molar-refractivity contribution is -0.117. The molecule has 3 heterocycles. The van der Waals surface area contributed by atoms with E-state index in [2.05, 4.69) is 25.7 Å². The number of amides is 1. The second-order valence-electron chi connectivity index (χ2n) is 6.44. The van der Waals surface area contributed by atoms with E-state index in [1.165, 1.54) is 0 Å². The van der Waals surface area contributed by atoms with Crippen LogP contribution in [-0.4, -0.2) is 35.7 Å². The van der Waals surface area contributed by atoms with E-state index in [0.717, 1.165) is 15.7 Å². The van der Waals surface area contributed by atoms with Gasteiger partial charge in [-0.1, -0.05) is 17.3 Å². The van der Waals surface area contributed by atoms with Crippen molar-refractivity contribution in [2.24, 2.45) is 0 Å². The van der Waals surface area contributed by atoms with Gasteiger partial charge < -0.3 is 5.32 Å². The van der Waals surface area contributed by atoms with Crippen molar-refractivity contribution in [3.63, 3.8) is 0 Å². The maximum atomic E-state index is 12.4. The van der Waals surface area contributed by atoms with E-state index in [1.54, 1.807) is 42.7 Å². The van der Waals surface area contributed by atoms with E-state index < -0.39 is 0 Å². The van der Waals surface area contributed by atoms with Gasteiger partial charge in [0.2, 0.25) is 5.91 Å². The number of hydrogen-bond acceptors (Lipinski definition) is 6. The molecule has 0 unspecified atom stereocenters. The molecule has 0 radical (unpaired) electrons. The highest BCUT2D eigenvalue weighted by atomic mass is 16.2. The zero-order chi connectivity index (χ0) is 19.0. The molecule has 0 aliphatic rings. The van der Waals surface area contributed by atoms with Gasteiger partial charge in [-0.3, -0.25) is 9.59 Å². The summed E-state index contributed by atoms with van der Waals surface area (Å²) >= 11 is 0. The average molecular weight is 363 g/mol. The number of rotatable bonds is 4. The molecule has 0 bridgehead atoms. The summed E-state index contributed by atoms with van der Waals surface area (Å²) in [6, 6.07) is 8.86. The van der Waals surface area contributed by atoms with E-state index in [-0.39, 0.29) is 24.1 Å². The molecule has 1 aromatic carbocycles. The summed E-state index contributed by atoms with van der Waals surface area (Å²) in [6.07, 6.45) is 3.27. The monoisotopic (exact) mass is 363 g/mol. The fraction of sp³-hybridized carbons (Fsp3) is 0.222. The number of nitrogens with one attached hydrogen (secondary N) is 1. The van der Waals surface area contributed by atoms with Crippen LogP contribution in [0.3, 0.4) is 0 Å². The van der Waals surface area contributed by atoms with Crippen molar-refractivity contribution < 1.29 is 4.79 Å². The third-order valence-electron chi connectivity index (χ3n) is 4.13. The molecule has 27 heavy (non-hydrogen) atoms. The summed E-state index contributed by atoms with van der Waals surface area (Å²) in [7, 11) is 0. The summed E-state index contributed by atoms with van der Waals surface area (Å²) in [6.45, 7) is 3.80. The van der Waals surface area contributed by atoms with Gasteiger partial charge in [0, 0.05) is 11.4 Å². The molecule has 1 amide bonds. The lowest BCUT2D eigenvalue weighted by Crippen LogP contribution is -2.30. The topological polar surface area (TPSA) is 108 Å². The van der Waals surface area contributed by atoms with Gasteiger partial charge in [0.25, 0.3) is 5.56 Å². The molecule has 0 aliphatic carbocycles. The van der Waals surface area contributed by atoms with Gasteiger partial charge in [-0.2, -0.15) is 5.10 Å². The van der Waals surface area contributed by atoms with Crippen LogP contribution in [0.1, 0.15) is 19.9 Å².